The second kappa shape index (κ2) is 11.9. The molecule has 0 spiro atoms. The van der Waals surface area contributed by atoms with E-state index in [1.165, 1.54) is 4.68 Å². The van der Waals surface area contributed by atoms with E-state index >= 15 is 0 Å². The summed E-state index contributed by atoms with van der Waals surface area (Å²) in [6.45, 7) is 2.65. The first-order valence-electron chi connectivity index (χ1n) is 14.5. The highest BCUT2D eigenvalue weighted by Gasteiger charge is 2.52. The highest BCUT2D eigenvalue weighted by Crippen LogP contribution is 2.47. The van der Waals surface area contributed by atoms with Crippen molar-refractivity contribution in [2.24, 2.45) is 5.92 Å². The number of H-pyrrole nitrogens is 1. The first kappa shape index (κ1) is 29.1. The summed E-state index contributed by atoms with van der Waals surface area (Å²) in [5.74, 6) is -0.410. The molecule has 0 unspecified atom stereocenters. The van der Waals surface area contributed by atoms with Crippen molar-refractivity contribution in [3.05, 3.63) is 112 Å². The van der Waals surface area contributed by atoms with Crippen LogP contribution in [0.4, 0.5) is 5.69 Å². The molecule has 1 aliphatic heterocycles. The van der Waals surface area contributed by atoms with Crippen molar-refractivity contribution < 1.29 is 19.7 Å². The molecule has 6 rings (SSSR count). The fourth-order valence-corrected chi connectivity index (χ4v) is 5.71. The number of methoxy groups -OCH3 is 1. The molecule has 0 radical (unpaired) electrons. The van der Waals surface area contributed by atoms with Gasteiger partial charge in [0, 0.05) is 37.3 Å². The minimum absolute atomic E-state index is 0.0175. The standard InChI is InChI=1S/C33H34N6O5/c1-22(7-5-6-17-37-21-24(16-18-40)34-36-37)33(43)28-19-26(44-2)14-15-30(28)38(32(33)42)20-23-10-12-25(13-11-23)39-31(41)27-8-3-4-9-29(27)35-39/h3-5,7-15,19,21-22,35,40,43H,6,16-18,20H2,1-2H3/b7-5+/t22-,33+/m1/s1. The number of ether oxygens (including phenoxy) is 1. The first-order chi connectivity index (χ1) is 21.3. The van der Waals surface area contributed by atoms with Crippen LogP contribution in [0.1, 0.15) is 30.2 Å². The van der Waals surface area contributed by atoms with Crippen molar-refractivity contribution >= 4 is 22.5 Å². The number of aliphatic hydroxyl groups excluding tert-OH is 1. The Labute approximate surface area is 253 Å². The highest BCUT2D eigenvalue weighted by molar-refractivity contribution is 6.07. The number of allylic oxidation sites excluding steroid dienone is 1. The van der Waals surface area contributed by atoms with Crippen LogP contribution >= 0.6 is 0 Å². The van der Waals surface area contributed by atoms with Gasteiger partial charge in [0.1, 0.15) is 5.75 Å². The van der Waals surface area contributed by atoms with E-state index in [2.05, 4.69) is 15.4 Å². The number of aromatic nitrogens is 5. The van der Waals surface area contributed by atoms with Gasteiger partial charge in [0.25, 0.3) is 11.5 Å². The van der Waals surface area contributed by atoms with Gasteiger partial charge < -0.3 is 19.8 Å². The molecule has 5 aromatic rings. The van der Waals surface area contributed by atoms with Crippen molar-refractivity contribution in [1.29, 1.82) is 0 Å². The van der Waals surface area contributed by atoms with Crippen LogP contribution in [-0.2, 0) is 29.9 Å². The molecule has 3 heterocycles. The molecule has 3 aromatic carbocycles. The number of carbonyl (C=O) groups excluding carboxylic acids is 1. The Bertz CT molecular complexity index is 1890. The second-order valence-corrected chi connectivity index (χ2v) is 11.0. The van der Waals surface area contributed by atoms with Crippen molar-refractivity contribution in [3.63, 3.8) is 0 Å². The SMILES string of the molecule is COc1ccc2c(c1)[C@@](O)([C@H](C)/C=C/CCn1cc(CCO)nn1)C(=O)N2Cc1ccc(-n2[nH]c3ccccc3c2=O)cc1. The van der Waals surface area contributed by atoms with Gasteiger partial charge in [-0.3, -0.25) is 19.4 Å². The van der Waals surface area contributed by atoms with E-state index in [0.29, 0.717) is 47.5 Å². The summed E-state index contributed by atoms with van der Waals surface area (Å²) in [7, 11) is 1.55. The predicted octanol–water partition coefficient (Wildman–Crippen LogP) is 3.47. The molecule has 3 N–H and O–H groups in total. The zero-order valence-corrected chi connectivity index (χ0v) is 24.6. The van der Waals surface area contributed by atoms with Crippen molar-refractivity contribution in [3.8, 4) is 11.4 Å². The first-order valence-corrected chi connectivity index (χ1v) is 14.5. The topological polar surface area (TPSA) is 138 Å². The van der Waals surface area contributed by atoms with Crippen LogP contribution in [0.15, 0.2) is 89.9 Å². The molecule has 2 aromatic heterocycles. The fourth-order valence-electron chi connectivity index (χ4n) is 5.71. The van der Waals surface area contributed by atoms with E-state index in [1.54, 1.807) is 47.2 Å². The van der Waals surface area contributed by atoms with E-state index in [-0.39, 0.29) is 18.7 Å². The van der Waals surface area contributed by atoms with E-state index in [9.17, 15) is 14.7 Å². The number of hydrogen-bond donors (Lipinski definition) is 3. The molecule has 44 heavy (non-hydrogen) atoms. The van der Waals surface area contributed by atoms with Crippen molar-refractivity contribution in [2.75, 3.05) is 18.6 Å². The molecule has 0 fully saturated rings. The quantitative estimate of drug-likeness (QED) is 0.199. The Hall–Kier alpha value is -5.00. The van der Waals surface area contributed by atoms with Crippen molar-refractivity contribution in [1.82, 2.24) is 24.8 Å². The lowest BCUT2D eigenvalue weighted by molar-refractivity contribution is -0.139. The van der Waals surface area contributed by atoms with E-state index < -0.39 is 17.4 Å². The number of hydrogen-bond acceptors (Lipinski definition) is 7. The van der Waals surface area contributed by atoms with Gasteiger partial charge in [-0.2, -0.15) is 0 Å². The van der Waals surface area contributed by atoms with Gasteiger partial charge >= 0.3 is 0 Å². The molecule has 0 bridgehead atoms. The van der Waals surface area contributed by atoms with E-state index in [4.69, 9.17) is 9.84 Å². The number of rotatable bonds is 11. The minimum atomic E-state index is -1.79. The van der Waals surface area contributed by atoms with E-state index in [1.807, 2.05) is 61.5 Å². The third kappa shape index (κ3) is 5.20. The maximum Gasteiger partial charge on any atom is 0.279 e. The van der Waals surface area contributed by atoms with Gasteiger partial charge in [0.05, 0.1) is 41.6 Å². The smallest absolute Gasteiger partial charge is 0.279 e. The third-order valence-electron chi connectivity index (χ3n) is 8.17. The van der Waals surface area contributed by atoms with Crippen LogP contribution in [0.5, 0.6) is 5.75 Å². The number of aliphatic hydroxyl groups is 2. The Morgan fingerprint density at radius 1 is 1.09 bits per heavy atom. The normalized spacial score (nSPS) is 17.1. The number of nitrogens with zero attached hydrogens (tertiary/aromatic N) is 5. The molecule has 2 atom stereocenters. The molecule has 1 amide bonds. The summed E-state index contributed by atoms with van der Waals surface area (Å²) in [6.07, 6.45) is 6.65. The number of benzene rings is 3. The van der Waals surface area contributed by atoms with E-state index in [0.717, 1.165) is 16.8 Å². The maximum atomic E-state index is 14.0. The highest BCUT2D eigenvalue weighted by atomic mass is 16.5. The maximum absolute atomic E-state index is 14.0. The number of anilines is 1. The van der Waals surface area contributed by atoms with Crippen LogP contribution in [-0.4, -0.2) is 54.6 Å². The lowest BCUT2D eigenvalue weighted by Crippen LogP contribution is -2.44. The van der Waals surface area contributed by atoms with Crippen molar-refractivity contribution in [2.45, 2.75) is 38.5 Å². The third-order valence-corrected chi connectivity index (χ3v) is 8.17. The molecule has 0 aliphatic carbocycles. The molecular weight excluding hydrogens is 560 g/mol. The average molecular weight is 595 g/mol. The Balaban J connectivity index is 1.22. The monoisotopic (exact) mass is 594 g/mol. The summed E-state index contributed by atoms with van der Waals surface area (Å²) in [5, 5.41) is 33.0. The summed E-state index contributed by atoms with van der Waals surface area (Å²) >= 11 is 0. The number of nitrogens with one attached hydrogen (secondary N) is 1. The van der Waals surface area contributed by atoms with Crippen LogP contribution in [0.2, 0.25) is 0 Å². The second-order valence-electron chi connectivity index (χ2n) is 11.0. The van der Waals surface area contributed by atoms with Gasteiger partial charge in [-0.1, -0.05) is 48.6 Å². The molecule has 0 saturated carbocycles. The molecular formula is C33H34N6O5. The zero-order valence-electron chi connectivity index (χ0n) is 24.6. The number of aromatic amines is 1. The molecule has 11 nitrogen and oxygen atoms in total. The van der Waals surface area contributed by atoms with Gasteiger partial charge in [-0.25, -0.2) is 4.68 Å². The number of para-hydroxylation sites is 1. The zero-order chi connectivity index (χ0) is 30.8. The van der Waals surface area contributed by atoms with Crippen LogP contribution in [0.25, 0.3) is 16.6 Å². The predicted molar refractivity (Wildman–Crippen MR) is 166 cm³/mol. The molecule has 0 saturated heterocycles. The van der Waals surface area contributed by atoms with Gasteiger partial charge in [0.15, 0.2) is 5.60 Å². The Morgan fingerprint density at radius 3 is 2.64 bits per heavy atom. The van der Waals surface area contributed by atoms with Crippen LogP contribution in [0.3, 0.4) is 0 Å². The summed E-state index contributed by atoms with van der Waals surface area (Å²) in [6, 6.07) is 20.1. The Kier molecular flexibility index (Phi) is 7.90. The summed E-state index contributed by atoms with van der Waals surface area (Å²) < 4.78 is 8.64. The van der Waals surface area contributed by atoms with Crippen LogP contribution in [0, 0.1) is 5.92 Å². The lowest BCUT2D eigenvalue weighted by Gasteiger charge is -2.28. The lowest BCUT2D eigenvalue weighted by atomic mass is 9.83. The summed E-state index contributed by atoms with van der Waals surface area (Å²) in [5.41, 5.74) is 2.18. The number of amides is 1. The number of fused-ring (bicyclic) bond motifs is 2. The number of carbonyl (C=O) groups is 1. The molecule has 1 aliphatic rings. The van der Waals surface area contributed by atoms with Crippen LogP contribution < -0.4 is 15.2 Å². The largest absolute Gasteiger partial charge is 0.497 e. The minimum Gasteiger partial charge on any atom is -0.497 e. The van der Waals surface area contributed by atoms with Gasteiger partial charge in [-0.15, -0.1) is 5.10 Å². The molecule has 11 heteroatoms. The average Bonchev–Trinajstić information content (AvgIpc) is 3.70. The Morgan fingerprint density at radius 2 is 1.89 bits per heavy atom. The van der Waals surface area contributed by atoms with Gasteiger partial charge in [-0.05, 0) is 54.4 Å². The number of aryl methyl sites for hydroxylation is 1. The molecule has 226 valence electrons. The fraction of sp³-hybridized carbons (Fsp3) is 0.273. The van der Waals surface area contributed by atoms with Gasteiger partial charge in [0.2, 0.25) is 0 Å². The summed E-state index contributed by atoms with van der Waals surface area (Å²) in [4.78, 5) is 28.5.